The van der Waals surface area contributed by atoms with E-state index in [0.717, 1.165) is 16.3 Å². The average molecular weight is 524 g/mol. The Bertz CT molecular complexity index is 1400. The highest BCUT2D eigenvalue weighted by Crippen LogP contribution is 2.42. The number of nitrogens with one attached hydrogen (secondary N) is 1. The van der Waals surface area contributed by atoms with Crippen molar-refractivity contribution in [3.8, 4) is 5.75 Å². The van der Waals surface area contributed by atoms with Gasteiger partial charge in [-0.25, -0.2) is 8.42 Å². The highest BCUT2D eigenvalue weighted by molar-refractivity contribution is 7.93. The third kappa shape index (κ3) is 5.41. The van der Waals surface area contributed by atoms with E-state index in [2.05, 4.69) is 5.32 Å². The van der Waals surface area contributed by atoms with E-state index in [1.54, 1.807) is 37.1 Å². The van der Waals surface area contributed by atoms with E-state index in [9.17, 15) is 18.0 Å². The van der Waals surface area contributed by atoms with Gasteiger partial charge in [0.2, 0.25) is 11.8 Å². The van der Waals surface area contributed by atoms with Gasteiger partial charge in [0.05, 0.1) is 17.7 Å². The number of ether oxygens (including phenoxy) is 1. The third-order valence-electron chi connectivity index (χ3n) is 6.54. The fraction of sp³-hybridized carbons (Fsp3) is 0.357. The summed E-state index contributed by atoms with van der Waals surface area (Å²) in [5.74, 6) is 0.255. The van der Waals surface area contributed by atoms with Crippen molar-refractivity contribution in [3.63, 3.8) is 0 Å². The number of rotatable bonds is 10. The molecule has 3 aromatic rings. The Morgan fingerprint density at radius 3 is 2.32 bits per heavy atom. The molecule has 1 N–H and O–H groups in total. The van der Waals surface area contributed by atoms with Crippen LogP contribution in [0.5, 0.6) is 5.75 Å². The minimum Gasteiger partial charge on any atom is -0.497 e. The monoisotopic (exact) mass is 523 g/mol. The summed E-state index contributed by atoms with van der Waals surface area (Å²) in [5, 5.41) is 4.46. The van der Waals surface area contributed by atoms with Crippen LogP contribution in [0.15, 0.2) is 65.6 Å². The lowest BCUT2D eigenvalue weighted by atomic mass is 10.1. The minimum atomic E-state index is -3.68. The molecule has 8 nitrogen and oxygen atoms in total. The standard InChI is InChI=1S/C28H33N3O5S/c1-19(2)29-28(33)20(3)30(18-21-13-15-23(36-4)16-14-21)26(32)12-7-17-31-24-10-5-8-22-9-6-11-25(27(22)24)37(31,34)35/h5-6,8-11,13-16,19-20H,7,12,17-18H2,1-4H3,(H,29,33)/t20-/m0/s1. The summed E-state index contributed by atoms with van der Waals surface area (Å²) >= 11 is 0. The molecule has 3 aromatic carbocycles. The second-order valence-electron chi connectivity index (χ2n) is 9.52. The van der Waals surface area contributed by atoms with Crippen molar-refractivity contribution < 1.29 is 22.7 Å². The Hall–Kier alpha value is -3.59. The van der Waals surface area contributed by atoms with Gasteiger partial charge in [0.15, 0.2) is 0 Å². The molecular weight excluding hydrogens is 490 g/mol. The molecule has 1 aliphatic rings. The number of sulfonamides is 1. The zero-order chi connectivity index (χ0) is 26.7. The maximum Gasteiger partial charge on any atom is 0.265 e. The molecule has 4 rings (SSSR count). The quantitative estimate of drug-likeness (QED) is 0.432. The third-order valence-corrected chi connectivity index (χ3v) is 8.40. The van der Waals surface area contributed by atoms with Crippen molar-refractivity contribution in [1.82, 2.24) is 10.2 Å². The molecule has 0 saturated heterocycles. The number of carbonyl (C=O) groups is 2. The molecule has 1 atom stereocenters. The first kappa shape index (κ1) is 26.5. The first-order chi connectivity index (χ1) is 17.6. The summed E-state index contributed by atoms with van der Waals surface area (Å²) < 4.78 is 33.1. The van der Waals surface area contributed by atoms with Gasteiger partial charge in [0.25, 0.3) is 10.0 Å². The molecule has 1 aliphatic heterocycles. The van der Waals surface area contributed by atoms with Crippen molar-refractivity contribution >= 4 is 38.3 Å². The van der Waals surface area contributed by atoms with Crippen LogP contribution in [-0.2, 0) is 26.2 Å². The predicted molar refractivity (Wildman–Crippen MR) is 144 cm³/mol. The second-order valence-corrected chi connectivity index (χ2v) is 11.4. The summed E-state index contributed by atoms with van der Waals surface area (Å²) in [5.41, 5.74) is 1.50. The van der Waals surface area contributed by atoms with Gasteiger partial charge in [-0.3, -0.25) is 13.9 Å². The van der Waals surface area contributed by atoms with Gasteiger partial charge in [-0.15, -0.1) is 0 Å². The molecule has 0 spiro atoms. The van der Waals surface area contributed by atoms with Crippen LogP contribution in [0.25, 0.3) is 10.8 Å². The maximum absolute atomic E-state index is 13.4. The van der Waals surface area contributed by atoms with Gasteiger partial charge in [-0.2, -0.15) is 0 Å². The number of anilines is 1. The lowest BCUT2D eigenvalue weighted by Gasteiger charge is -2.30. The zero-order valence-electron chi connectivity index (χ0n) is 21.6. The summed E-state index contributed by atoms with van der Waals surface area (Å²) in [6, 6.07) is 17.4. The smallest absolute Gasteiger partial charge is 0.265 e. The molecule has 0 aliphatic carbocycles. The number of methoxy groups -OCH3 is 1. The van der Waals surface area contributed by atoms with Crippen molar-refractivity contribution in [2.24, 2.45) is 0 Å². The van der Waals surface area contributed by atoms with Crippen molar-refractivity contribution in [3.05, 3.63) is 66.2 Å². The highest BCUT2D eigenvalue weighted by atomic mass is 32.2. The van der Waals surface area contributed by atoms with Crippen LogP contribution < -0.4 is 14.4 Å². The van der Waals surface area contributed by atoms with Gasteiger partial charge < -0.3 is 15.0 Å². The number of benzene rings is 3. The molecule has 0 bridgehead atoms. The van der Waals surface area contributed by atoms with Crippen molar-refractivity contribution in [2.75, 3.05) is 18.0 Å². The normalized spacial score (nSPS) is 14.6. The van der Waals surface area contributed by atoms with Crippen LogP contribution >= 0.6 is 0 Å². The van der Waals surface area contributed by atoms with E-state index < -0.39 is 16.1 Å². The summed E-state index contributed by atoms with van der Waals surface area (Å²) in [7, 11) is -2.10. The molecule has 0 radical (unpaired) electrons. The molecular formula is C28H33N3O5S. The van der Waals surface area contributed by atoms with Crippen LogP contribution in [0.3, 0.4) is 0 Å². The topological polar surface area (TPSA) is 96.0 Å². The van der Waals surface area contributed by atoms with Crippen molar-refractivity contribution in [1.29, 1.82) is 0 Å². The Balaban J connectivity index is 1.49. The number of hydrogen-bond acceptors (Lipinski definition) is 5. The molecule has 2 amide bonds. The SMILES string of the molecule is COc1ccc(CN(C(=O)CCCN2c3cccc4cccc(c34)S2(=O)=O)[C@@H](C)C(=O)NC(C)C)cc1. The lowest BCUT2D eigenvalue weighted by molar-refractivity contribution is -0.140. The maximum atomic E-state index is 13.4. The summed E-state index contributed by atoms with van der Waals surface area (Å²) in [4.78, 5) is 28.0. The first-order valence-electron chi connectivity index (χ1n) is 12.4. The van der Waals surface area contributed by atoms with Crippen molar-refractivity contribution in [2.45, 2.75) is 57.1 Å². The molecule has 196 valence electrons. The lowest BCUT2D eigenvalue weighted by Crippen LogP contribution is -2.49. The Kier molecular flexibility index (Phi) is 7.73. The number of amides is 2. The molecule has 37 heavy (non-hydrogen) atoms. The largest absolute Gasteiger partial charge is 0.497 e. The average Bonchev–Trinajstić information content (AvgIpc) is 3.10. The van der Waals surface area contributed by atoms with Gasteiger partial charge >= 0.3 is 0 Å². The number of hydrogen-bond donors (Lipinski definition) is 1. The van der Waals surface area contributed by atoms with Crippen LogP contribution in [0.1, 0.15) is 39.2 Å². The number of carbonyl (C=O) groups excluding carboxylic acids is 2. The van der Waals surface area contributed by atoms with Crippen LogP contribution in [-0.4, -0.2) is 50.9 Å². The van der Waals surface area contributed by atoms with Crippen LogP contribution in [0, 0.1) is 0 Å². The predicted octanol–water partition coefficient (Wildman–Crippen LogP) is 4.08. The van der Waals surface area contributed by atoms with E-state index in [4.69, 9.17) is 4.74 Å². The van der Waals surface area contributed by atoms with Crippen LogP contribution in [0.2, 0.25) is 0 Å². The zero-order valence-corrected chi connectivity index (χ0v) is 22.4. The number of nitrogens with zero attached hydrogens (tertiary/aromatic N) is 2. The highest BCUT2D eigenvalue weighted by Gasteiger charge is 2.35. The molecule has 9 heteroatoms. The molecule has 0 unspecified atom stereocenters. The molecule has 0 fully saturated rings. The second kappa shape index (κ2) is 10.8. The van der Waals surface area contributed by atoms with Gasteiger partial charge in [0, 0.05) is 30.9 Å². The van der Waals surface area contributed by atoms with Crippen LogP contribution in [0.4, 0.5) is 5.69 Å². The fourth-order valence-electron chi connectivity index (χ4n) is 4.63. The van der Waals surface area contributed by atoms with E-state index in [1.807, 2.05) is 56.3 Å². The van der Waals surface area contributed by atoms with E-state index >= 15 is 0 Å². The summed E-state index contributed by atoms with van der Waals surface area (Å²) in [6.07, 6.45) is 0.424. The van der Waals surface area contributed by atoms with Gasteiger partial charge in [-0.05, 0) is 62.4 Å². The Morgan fingerprint density at radius 2 is 1.68 bits per heavy atom. The van der Waals surface area contributed by atoms with E-state index in [0.29, 0.717) is 22.8 Å². The van der Waals surface area contributed by atoms with Gasteiger partial charge in [-0.1, -0.05) is 36.4 Å². The molecule has 0 aromatic heterocycles. The van der Waals surface area contributed by atoms with E-state index in [1.165, 1.54) is 4.31 Å². The Morgan fingerprint density at radius 1 is 1.00 bits per heavy atom. The molecule has 0 saturated carbocycles. The Labute approximate surface area is 218 Å². The first-order valence-corrected chi connectivity index (χ1v) is 13.8. The molecule has 1 heterocycles. The van der Waals surface area contributed by atoms with E-state index in [-0.39, 0.29) is 37.4 Å². The van der Waals surface area contributed by atoms with Gasteiger partial charge in [0.1, 0.15) is 11.8 Å². The fourth-order valence-corrected chi connectivity index (χ4v) is 6.38. The summed E-state index contributed by atoms with van der Waals surface area (Å²) in [6.45, 7) is 5.87. The minimum absolute atomic E-state index is 0.0578.